The topological polar surface area (TPSA) is 137 Å². The summed E-state index contributed by atoms with van der Waals surface area (Å²) in [5.74, 6) is -3.98. The molecule has 4 amide bonds. The molecule has 4 rings (SSSR count). The van der Waals surface area contributed by atoms with Gasteiger partial charge in [-0.3, -0.25) is 19.2 Å². The van der Waals surface area contributed by atoms with Gasteiger partial charge >= 0.3 is 6.18 Å². The van der Waals surface area contributed by atoms with Crippen molar-refractivity contribution >= 4 is 34.5 Å². The van der Waals surface area contributed by atoms with Crippen LogP contribution in [-0.2, 0) is 44.6 Å². The van der Waals surface area contributed by atoms with Crippen LogP contribution in [0.4, 0.5) is 17.6 Å². The fourth-order valence-corrected chi connectivity index (χ4v) is 6.51. The maximum atomic E-state index is 14.4. The third kappa shape index (κ3) is 7.34. The number of benzene rings is 2. The number of para-hydroxylation sites is 1. The van der Waals surface area contributed by atoms with Gasteiger partial charge in [0.2, 0.25) is 23.6 Å². The molecule has 2 unspecified atom stereocenters. The van der Waals surface area contributed by atoms with Crippen molar-refractivity contribution in [1.82, 2.24) is 20.5 Å². The molecule has 5 N–H and O–H groups in total. The molecule has 1 aliphatic carbocycles. The number of primary amides is 1. The van der Waals surface area contributed by atoms with Gasteiger partial charge in [-0.25, -0.2) is 4.39 Å². The Morgan fingerprint density at radius 1 is 1.02 bits per heavy atom. The van der Waals surface area contributed by atoms with E-state index >= 15 is 0 Å². The number of rotatable bonds is 12. The number of hydrogen-bond donors (Lipinski definition) is 4. The second-order valence-electron chi connectivity index (χ2n) is 12.9. The van der Waals surface area contributed by atoms with Gasteiger partial charge in [0, 0.05) is 24.5 Å². The van der Waals surface area contributed by atoms with Gasteiger partial charge in [0.05, 0.1) is 17.5 Å². The van der Waals surface area contributed by atoms with Crippen molar-refractivity contribution in [2.24, 2.45) is 17.6 Å². The van der Waals surface area contributed by atoms with Gasteiger partial charge in [-0.15, -0.1) is 0 Å². The number of halogens is 4. The van der Waals surface area contributed by atoms with Crippen LogP contribution in [0.25, 0.3) is 10.9 Å². The van der Waals surface area contributed by atoms with Crippen LogP contribution >= 0.6 is 0 Å². The monoisotopic (exact) mass is 673 g/mol. The van der Waals surface area contributed by atoms with Gasteiger partial charge in [0.15, 0.2) is 0 Å². The minimum Gasteiger partial charge on any atom is -0.368 e. The molecule has 1 aliphatic rings. The lowest BCUT2D eigenvalue weighted by Crippen LogP contribution is -2.67. The Morgan fingerprint density at radius 2 is 1.69 bits per heavy atom. The highest BCUT2D eigenvalue weighted by atomic mass is 19.4. The number of nitrogens with two attached hydrogens (primary N) is 1. The molecule has 9 nitrogen and oxygen atoms in total. The van der Waals surface area contributed by atoms with E-state index in [1.807, 2.05) is 13.8 Å². The second kappa shape index (κ2) is 14.4. The summed E-state index contributed by atoms with van der Waals surface area (Å²) in [6.45, 7) is 7.18. The Hall–Kier alpha value is -4.42. The van der Waals surface area contributed by atoms with E-state index in [9.17, 15) is 36.7 Å². The molecule has 5 atom stereocenters. The van der Waals surface area contributed by atoms with Gasteiger partial charge in [-0.2, -0.15) is 13.2 Å². The van der Waals surface area contributed by atoms with Crippen molar-refractivity contribution in [1.29, 1.82) is 0 Å². The third-order valence-electron chi connectivity index (χ3n) is 9.78. The Kier molecular flexibility index (Phi) is 10.9. The molecule has 3 aromatic rings. The molecule has 13 heteroatoms. The molecule has 0 radical (unpaired) electrons. The van der Waals surface area contributed by atoms with E-state index < -0.39 is 64.7 Å². The van der Waals surface area contributed by atoms with E-state index in [-0.39, 0.29) is 48.1 Å². The first-order valence-corrected chi connectivity index (χ1v) is 16.2. The summed E-state index contributed by atoms with van der Waals surface area (Å²) in [6.07, 6.45) is -4.06. The van der Waals surface area contributed by atoms with Crippen LogP contribution in [-0.4, -0.2) is 58.2 Å². The number of likely N-dealkylation sites (N-methyl/N-ethyl adjacent to an activating group) is 1. The van der Waals surface area contributed by atoms with Gasteiger partial charge in [0.1, 0.15) is 23.4 Å². The molecule has 0 saturated heterocycles. The fourth-order valence-electron chi connectivity index (χ4n) is 6.51. The van der Waals surface area contributed by atoms with Crippen molar-refractivity contribution in [3.05, 3.63) is 70.7 Å². The summed E-state index contributed by atoms with van der Waals surface area (Å²) in [7, 11) is 1.44. The number of aromatic amines is 1. The highest BCUT2D eigenvalue weighted by molar-refractivity contribution is 5.98. The summed E-state index contributed by atoms with van der Waals surface area (Å²) < 4.78 is 56.2. The predicted molar refractivity (Wildman–Crippen MR) is 173 cm³/mol. The van der Waals surface area contributed by atoms with Crippen LogP contribution < -0.4 is 16.4 Å². The average molecular weight is 674 g/mol. The molecule has 1 heterocycles. The molecule has 0 bridgehead atoms. The highest BCUT2D eigenvalue weighted by Crippen LogP contribution is 2.40. The van der Waals surface area contributed by atoms with E-state index in [1.54, 1.807) is 19.9 Å². The highest BCUT2D eigenvalue weighted by Gasteiger charge is 2.47. The smallest absolute Gasteiger partial charge is 0.368 e. The van der Waals surface area contributed by atoms with E-state index in [0.29, 0.717) is 24.1 Å². The number of nitrogens with zero attached hydrogens (tertiary/aromatic N) is 1. The van der Waals surface area contributed by atoms with E-state index in [0.717, 1.165) is 6.07 Å². The van der Waals surface area contributed by atoms with E-state index in [2.05, 4.69) is 15.6 Å². The second-order valence-corrected chi connectivity index (χ2v) is 12.9. The lowest BCUT2D eigenvalue weighted by Gasteiger charge is -2.41. The Morgan fingerprint density at radius 3 is 2.29 bits per heavy atom. The summed E-state index contributed by atoms with van der Waals surface area (Å²) in [5, 5.41) is 5.87. The number of fused-ring (bicyclic) bond motifs is 3. The molecule has 0 fully saturated rings. The van der Waals surface area contributed by atoms with Gasteiger partial charge in [-0.1, -0.05) is 70.9 Å². The third-order valence-corrected chi connectivity index (χ3v) is 9.78. The van der Waals surface area contributed by atoms with Crippen molar-refractivity contribution in [3.8, 4) is 0 Å². The minimum atomic E-state index is -4.63. The molecule has 0 saturated carbocycles. The Bertz CT molecular complexity index is 1690. The normalized spacial score (nSPS) is 18.7. The molecule has 0 aliphatic heterocycles. The standard InChI is InChI=1S/C35H43F4N5O4/c1-6-19(3)28(31(40)46)42-33(48)34(16-15-26-23(18-34)22-12-10-13-24(29(22)41-26)35(37,38)39)43-32(47)30(20(4)7-2)44(5)27(45)17-21-11-8-9-14-25(21)36/h8-14,19-20,28,30,41H,6-7,15-18H2,1-5H3,(H2,40,46)(H,42,48)(H,43,47)/t19-,20?,28?,30-,34+/m0/s1. The van der Waals surface area contributed by atoms with Crippen molar-refractivity contribution in [2.75, 3.05) is 7.05 Å². The van der Waals surface area contributed by atoms with Gasteiger partial charge in [0.25, 0.3) is 0 Å². The summed E-state index contributed by atoms with van der Waals surface area (Å²) in [6, 6.07) is 7.46. The molecule has 0 spiro atoms. The van der Waals surface area contributed by atoms with Crippen molar-refractivity contribution in [3.63, 3.8) is 0 Å². The molecular formula is C35H43F4N5O4. The number of aryl methyl sites for hydroxylation is 1. The molecule has 2 aromatic carbocycles. The average Bonchev–Trinajstić information content (AvgIpc) is 3.41. The van der Waals surface area contributed by atoms with Crippen molar-refractivity contribution < 1.29 is 36.7 Å². The molecule has 1 aromatic heterocycles. The number of alkyl halides is 3. The molecule has 48 heavy (non-hydrogen) atoms. The Labute approximate surface area is 277 Å². The zero-order valence-corrected chi connectivity index (χ0v) is 27.8. The number of nitrogens with one attached hydrogen (secondary N) is 3. The van der Waals surface area contributed by atoms with Crippen LogP contribution in [0, 0.1) is 17.7 Å². The summed E-state index contributed by atoms with van der Waals surface area (Å²) in [4.78, 5) is 58.5. The van der Waals surface area contributed by atoms with Crippen LogP contribution in [0.2, 0.25) is 0 Å². The first-order chi connectivity index (χ1) is 22.5. The van der Waals surface area contributed by atoms with E-state index in [1.165, 1.54) is 42.3 Å². The summed E-state index contributed by atoms with van der Waals surface area (Å²) >= 11 is 0. The van der Waals surface area contributed by atoms with Crippen LogP contribution in [0.1, 0.15) is 69.3 Å². The Balaban J connectivity index is 1.76. The lowest BCUT2D eigenvalue weighted by atomic mass is 9.78. The minimum absolute atomic E-state index is 0.0160. The number of carbonyl (C=O) groups is 4. The first kappa shape index (κ1) is 36.4. The van der Waals surface area contributed by atoms with Crippen LogP contribution in [0.3, 0.4) is 0 Å². The van der Waals surface area contributed by atoms with Crippen LogP contribution in [0.5, 0.6) is 0 Å². The maximum Gasteiger partial charge on any atom is 0.418 e. The predicted octanol–water partition coefficient (Wildman–Crippen LogP) is 4.80. The molecular weight excluding hydrogens is 630 g/mol. The quantitative estimate of drug-likeness (QED) is 0.205. The largest absolute Gasteiger partial charge is 0.418 e. The van der Waals surface area contributed by atoms with E-state index in [4.69, 9.17) is 5.73 Å². The first-order valence-electron chi connectivity index (χ1n) is 16.2. The fraction of sp³-hybridized carbons (Fsp3) is 0.486. The number of carbonyl (C=O) groups excluding carboxylic acids is 4. The molecule has 260 valence electrons. The number of aromatic nitrogens is 1. The number of amides is 4. The number of H-pyrrole nitrogens is 1. The zero-order chi connectivity index (χ0) is 35.6. The zero-order valence-electron chi connectivity index (χ0n) is 27.8. The lowest BCUT2D eigenvalue weighted by molar-refractivity contribution is -0.144. The van der Waals surface area contributed by atoms with Crippen molar-refractivity contribution in [2.45, 2.75) is 90.0 Å². The summed E-state index contributed by atoms with van der Waals surface area (Å²) in [5.41, 5.74) is 4.06. The number of hydrogen-bond acceptors (Lipinski definition) is 4. The van der Waals surface area contributed by atoms with Crippen LogP contribution in [0.15, 0.2) is 42.5 Å². The maximum absolute atomic E-state index is 14.4. The SMILES string of the molecule is CCC(C)[C@@H](C(=O)N[C@]1(C(=O)NC(C(N)=O)[C@@H](C)CC)CCc2[nH]c3c(C(F)(F)F)cccc3c2C1)N(C)C(=O)Cc1ccccc1F. The van der Waals surface area contributed by atoms with Gasteiger partial charge in [-0.05, 0) is 47.9 Å². The van der Waals surface area contributed by atoms with Gasteiger partial charge < -0.3 is 26.3 Å².